The SMILES string of the molecule is CCOC(=O)c1cc([C@@H](C)CC(C)(C)C)sc1NC(=O)c1cc(OC)c(OC)c(OC)c1. The Bertz CT molecular complexity index is 935. The molecule has 0 bridgehead atoms. The Kier molecular flexibility index (Phi) is 8.55. The van der Waals surface area contributed by atoms with Crippen LogP contribution in [0.5, 0.6) is 17.2 Å². The van der Waals surface area contributed by atoms with Gasteiger partial charge in [-0.15, -0.1) is 11.3 Å². The number of anilines is 1. The number of thiophene rings is 1. The maximum atomic E-state index is 13.1. The summed E-state index contributed by atoms with van der Waals surface area (Å²) in [6.07, 6.45) is 0.941. The van der Waals surface area contributed by atoms with E-state index in [0.717, 1.165) is 11.3 Å². The summed E-state index contributed by atoms with van der Waals surface area (Å²) in [6, 6.07) is 4.96. The molecular weight excluding hydrogens is 430 g/mol. The standard InChI is InChI=1S/C24H33NO6S/c1-9-31-23(27)16-12-19(14(2)13-24(3,4)5)32-22(16)25-21(26)15-10-17(28-6)20(30-8)18(11-15)29-7/h10-12,14H,9,13H2,1-8H3,(H,25,26)/t14-/m0/s1. The summed E-state index contributed by atoms with van der Waals surface area (Å²) in [5.74, 6) is 0.500. The molecule has 1 aromatic heterocycles. The third-order valence-corrected chi connectivity index (χ3v) is 6.09. The number of hydrogen-bond acceptors (Lipinski definition) is 7. The van der Waals surface area contributed by atoms with Crippen molar-refractivity contribution >= 4 is 28.2 Å². The van der Waals surface area contributed by atoms with Crippen LogP contribution < -0.4 is 19.5 Å². The van der Waals surface area contributed by atoms with Gasteiger partial charge in [0.15, 0.2) is 11.5 Å². The minimum absolute atomic E-state index is 0.132. The number of ether oxygens (including phenoxy) is 4. The molecule has 0 saturated carbocycles. The fourth-order valence-electron chi connectivity index (χ4n) is 3.51. The van der Waals surface area contributed by atoms with E-state index in [1.54, 1.807) is 19.1 Å². The van der Waals surface area contributed by atoms with Gasteiger partial charge in [-0.2, -0.15) is 0 Å². The van der Waals surface area contributed by atoms with Gasteiger partial charge in [-0.3, -0.25) is 4.79 Å². The molecule has 0 saturated heterocycles. The minimum atomic E-state index is -0.460. The van der Waals surface area contributed by atoms with Crippen LogP contribution in [-0.4, -0.2) is 39.8 Å². The molecule has 32 heavy (non-hydrogen) atoms. The lowest BCUT2D eigenvalue weighted by atomic mass is 9.85. The van der Waals surface area contributed by atoms with Gasteiger partial charge in [0.2, 0.25) is 5.75 Å². The van der Waals surface area contributed by atoms with Crippen LogP contribution in [-0.2, 0) is 4.74 Å². The largest absolute Gasteiger partial charge is 0.493 e. The van der Waals surface area contributed by atoms with Gasteiger partial charge in [-0.25, -0.2) is 4.79 Å². The normalized spacial score (nSPS) is 12.1. The molecule has 0 aliphatic carbocycles. The van der Waals surface area contributed by atoms with Crippen molar-refractivity contribution in [3.63, 3.8) is 0 Å². The molecule has 0 radical (unpaired) electrons. The van der Waals surface area contributed by atoms with Crippen LogP contribution in [0.2, 0.25) is 0 Å². The molecule has 1 amide bonds. The van der Waals surface area contributed by atoms with E-state index in [4.69, 9.17) is 18.9 Å². The summed E-state index contributed by atoms with van der Waals surface area (Å²) in [7, 11) is 4.47. The monoisotopic (exact) mass is 463 g/mol. The number of rotatable bonds is 9. The van der Waals surface area contributed by atoms with Crippen LogP contribution in [0.1, 0.15) is 72.6 Å². The van der Waals surface area contributed by atoms with Crippen molar-refractivity contribution in [2.75, 3.05) is 33.3 Å². The number of carbonyl (C=O) groups excluding carboxylic acids is 2. The number of amides is 1. The van der Waals surface area contributed by atoms with Crippen molar-refractivity contribution in [3.8, 4) is 17.2 Å². The van der Waals surface area contributed by atoms with Crippen LogP contribution in [0, 0.1) is 5.41 Å². The topological polar surface area (TPSA) is 83.1 Å². The van der Waals surface area contributed by atoms with Gasteiger partial charge in [0, 0.05) is 10.4 Å². The molecule has 0 aliphatic heterocycles. The van der Waals surface area contributed by atoms with Crippen LogP contribution in [0.3, 0.4) is 0 Å². The smallest absolute Gasteiger partial charge is 0.341 e. The van der Waals surface area contributed by atoms with Gasteiger partial charge >= 0.3 is 5.97 Å². The zero-order valence-corrected chi connectivity index (χ0v) is 20.9. The summed E-state index contributed by atoms with van der Waals surface area (Å²) in [5, 5.41) is 3.33. The maximum absolute atomic E-state index is 13.1. The first-order valence-corrected chi connectivity index (χ1v) is 11.3. The van der Waals surface area contributed by atoms with Crippen LogP contribution >= 0.6 is 11.3 Å². The van der Waals surface area contributed by atoms with Crippen molar-refractivity contribution < 1.29 is 28.5 Å². The molecule has 1 atom stereocenters. The zero-order chi connectivity index (χ0) is 24.1. The second-order valence-electron chi connectivity index (χ2n) is 8.65. The fraction of sp³-hybridized carbons (Fsp3) is 0.500. The number of nitrogens with one attached hydrogen (secondary N) is 1. The molecule has 0 fully saturated rings. The van der Waals surface area contributed by atoms with E-state index in [1.807, 2.05) is 6.07 Å². The van der Waals surface area contributed by atoms with Crippen LogP contribution in [0.15, 0.2) is 18.2 Å². The lowest BCUT2D eigenvalue weighted by molar-refractivity contribution is 0.0528. The third-order valence-electron chi connectivity index (χ3n) is 4.80. The number of hydrogen-bond donors (Lipinski definition) is 1. The average Bonchev–Trinajstić information content (AvgIpc) is 3.15. The second kappa shape index (κ2) is 10.7. The third kappa shape index (κ3) is 6.16. The molecule has 2 aromatic rings. The van der Waals surface area contributed by atoms with Crippen molar-refractivity contribution in [2.45, 2.75) is 47.0 Å². The Hall–Kier alpha value is -2.74. The molecule has 0 aliphatic rings. The van der Waals surface area contributed by atoms with Crippen molar-refractivity contribution in [2.24, 2.45) is 5.41 Å². The van der Waals surface area contributed by atoms with E-state index >= 15 is 0 Å². The highest BCUT2D eigenvalue weighted by atomic mass is 32.1. The first kappa shape index (κ1) is 25.5. The predicted molar refractivity (Wildman–Crippen MR) is 127 cm³/mol. The van der Waals surface area contributed by atoms with Crippen molar-refractivity contribution in [1.29, 1.82) is 0 Å². The van der Waals surface area contributed by atoms with Gasteiger partial charge in [0.1, 0.15) is 5.00 Å². The number of benzene rings is 1. The van der Waals surface area contributed by atoms with Crippen molar-refractivity contribution in [3.05, 3.63) is 34.2 Å². The van der Waals surface area contributed by atoms with Crippen LogP contribution in [0.25, 0.3) is 0 Å². The van der Waals surface area contributed by atoms with Gasteiger partial charge in [0.05, 0.1) is 33.5 Å². The lowest BCUT2D eigenvalue weighted by Gasteiger charge is -2.22. The highest BCUT2D eigenvalue weighted by Crippen LogP contribution is 2.40. The molecule has 0 unspecified atom stereocenters. The minimum Gasteiger partial charge on any atom is -0.493 e. The number of esters is 1. The van der Waals surface area contributed by atoms with Gasteiger partial charge < -0.3 is 24.3 Å². The van der Waals surface area contributed by atoms with E-state index in [-0.39, 0.29) is 17.9 Å². The van der Waals surface area contributed by atoms with E-state index in [9.17, 15) is 9.59 Å². The molecule has 0 spiro atoms. The predicted octanol–water partition coefficient (Wildman–Crippen LogP) is 5.74. The van der Waals surface area contributed by atoms with E-state index < -0.39 is 11.9 Å². The highest BCUT2D eigenvalue weighted by molar-refractivity contribution is 7.16. The summed E-state index contributed by atoms with van der Waals surface area (Å²) >= 11 is 1.39. The molecule has 7 nitrogen and oxygen atoms in total. The van der Waals surface area contributed by atoms with Gasteiger partial charge in [-0.1, -0.05) is 27.7 Å². The highest BCUT2D eigenvalue weighted by Gasteiger charge is 2.25. The summed E-state index contributed by atoms with van der Waals surface area (Å²) in [6.45, 7) is 10.7. The molecule has 1 N–H and O–H groups in total. The lowest BCUT2D eigenvalue weighted by Crippen LogP contribution is -2.14. The Morgan fingerprint density at radius 1 is 1.03 bits per heavy atom. The molecule has 176 valence electrons. The molecule has 2 rings (SSSR count). The zero-order valence-electron chi connectivity index (χ0n) is 20.1. The number of carbonyl (C=O) groups is 2. The van der Waals surface area contributed by atoms with E-state index in [0.29, 0.717) is 33.4 Å². The molecule has 1 aromatic carbocycles. The molecular formula is C24H33NO6S. The van der Waals surface area contributed by atoms with E-state index in [1.165, 1.54) is 32.7 Å². The summed E-state index contributed by atoms with van der Waals surface area (Å²) in [5.41, 5.74) is 0.799. The Morgan fingerprint density at radius 2 is 1.62 bits per heavy atom. The van der Waals surface area contributed by atoms with Crippen molar-refractivity contribution in [1.82, 2.24) is 0 Å². The molecule has 1 heterocycles. The second-order valence-corrected chi connectivity index (χ2v) is 9.73. The first-order valence-electron chi connectivity index (χ1n) is 10.5. The molecule has 8 heteroatoms. The Morgan fingerprint density at radius 3 is 2.09 bits per heavy atom. The Labute approximate surface area is 194 Å². The summed E-state index contributed by atoms with van der Waals surface area (Å²) < 4.78 is 21.2. The fourth-order valence-corrected chi connectivity index (χ4v) is 4.61. The number of methoxy groups -OCH3 is 3. The quantitative estimate of drug-likeness (QED) is 0.477. The van der Waals surface area contributed by atoms with E-state index in [2.05, 4.69) is 33.0 Å². The van der Waals surface area contributed by atoms with Crippen LogP contribution in [0.4, 0.5) is 5.00 Å². The average molecular weight is 464 g/mol. The summed E-state index contributed by atoms with van der Waals surface area (Å²) in [4.78, 5) is 26.7. The van der Waals surface area contributed by atoms with Gasteiger partial charge in [0.25, 0.3) is 5.91 Å². The first-order chi connectivity index (χ1) is 15.0. The Balaban J connectivity index is 2.42. The van der Waals surface area contributed by atoms with Gasteiger partial charge in [-0.05, 0) is 42.9 Å². The maximum Gasteiger partial charge on any atom is 0.341 e.